The average molecular weight is 431 g/mol. The number of carbonyl (C=O) groups excluding carboxylic acids is 2. The van der Waals surface area contributed by atoms with E-state index in [2.05, 4.69) is 0 Å². The van der Waals surface area contributed by atoms with Crippen LogP contribution in [0.15, 0.2) is 51.5 Å². The first-order valence-electron chi connectivity index (χ1n) is 8.65. The number of benzene rings is 1. The van der Waals surface area contributed by atoms with Crippen LogP contribution in [0.4, 0.5) is 0 Å². The summed E-state index contributed by atoms with van der Waals surface area (Å²) in [7, 11) is 0. The van der Waals surface area contributed by atoms with Crippen molar-refractivity contribution in [1.82, 2.24) is 4.90 Å². The molecule has 1 aromatic heterocycles. The lowest BCUT2D eigenvalue weighted by molar-refractivity contribution is -0.141. The van der Waals surface area contributed by atoms with E-state index in [9.17, 15) is 20.0 Å². The van der Waals surface area contributed by atoms with Crippen molar-refractivity contribution in [2.24, 2.45) is 0 Å². The van der Waals surface area contributed by atoms with E-state index in [0.29, 0.717) is 27.1 Å². The molecule has 8 heteroatoms. The molecule has 1 aromatic carbocycles. The van der Waals surface area contributed by atoms with E-state index >= 15 is 0 Å². The van der Waals surface area contributed by atoms with Crippen LogP contribution in [-0.2, 0) is 9.59 Å². The van der Waals surface area contributed by atoms with Crippen LogP contribution < -0.4 is 0 Å². The third kappa shape index (κ3) is 4.13. The number of hydrogen-bond donors (Lipinski definition) is 1. The number of furan rings is 1. The van der Waals surface area contributed by atoms with Gasteiger partial charge in [0.1, 0.15) is 23.2 Å². The summed E-state index contributed by atoms with van der Waals surface area (Å²) in [5.74, 6) is -0.445. The van der Waals surface area contributed by atoms with Gasteiger partial charge >= 0.3 is 0 Å². The first-order chi connectivity index (χ1) is 13.7. The number of nitrogens with zero attached hydrogens (tertiary/aromatic N) is 2. The topological polar surface area (TPSA) is 94.5 Å². The smallest absolute Gasteiger partial charge is 0.271 e. The van der Waals surface area contributed by atoms with E-state index in [1.165, 1.54) is 19.9 Å². The van der Waals surface area contributed by atoms with Gasteiger partial charge in [-0.2, -0.15) is 5.26 Å². The van der Waals surface area contributed by atoms with Gasteiger partial charge in [-0.15, -0.1) is 0 Å². The average Bonchev–Trinajstić information content (AvgIpc) is 3.13. The molecule has 0 saturated heterocycles. The highest BCUT2D eigenvalue weighted by Gasteiger charge is 2.36. The fourth-order valence-corrected chi connectivity index (χ4v) is 3.24. The Labute approximate surface area is 177 Å². The summed E-state index contributed by atoms with van der Waals surface area (Å²) in [6, 6.07) is 10.3. The summed E-state index contributed by atoms with van der Waals surface area (Å²) in [6.07, 6.45) is 0.546. The van der Waals surface area contributed by atoms with Crippen LogP contribution in [0.3, 0.4) is 0 Å². The lowest BCUT2D eigenvalue weighted by Gasteiger charge is -2.28. The van der Waals surface area contributed by atoms with Crippen LogP contribution in [0, 0.1) is 11.3 Å². The van der Waals surface area contributed by atoms with Crippen LogP contribution in [0.5, 0.6) is 0 Å². The van der Waals surface area contributed by atoms with Crippen molar-refractivity contribution in [3.8, 4) is 17.4 Å². The van der Waals surface area contributed by atoms with Crippen LogP contribution in [0.25, 0.3) is 17.4 Å². The third-order valence-electron chi connectivity index (χ3n) is 4.39. The van der Waals surface area contributed by atoms with E-state index in [0.717, 1.165) is 4.90 Å². The lowest BCUT2D eigenvalue weighted by atomic mass is 9.94. The number of aliphatic hydroxyl groups is 1. The predicted molar refractivity (Wildman–Crippen MR) is 109 cm³/mol. The quantitative estimate of drug-likeness (QED) is 0.578. The molecule has 2 heterocycles. The molecule has 1 aliphatic rings. The molecule has 2 aromatic rings. The van der Waals surface area contributed by atoms with Crippen molar-refractivity contribution in [2.75, 3.05) is 6.54 Å². The molecule has 0 bridgehead atoms. The van der Waals surface area contributed by atoms with Crippen molar-refractivity contribution in [2.45, 2.75) is 20.0 Å². The Morgan fingerprint density at radius 2 is 1.93 bits per heavy atom. The number of halogens is 2. The van der Waals surface area contributed by atoms with Gasteiger partial charge in [-0.1, -0.05) is 23.2 Å². The number of imide groups is 1. The third-order valence-corrected chi connectivity index (χ3v) is 5.13. The van der Waals surface area contributed by atoms with Gasteiger partial charge in [-0.25, -0.2) is 0 Å². The molecule has 0 aliphatic carbocycles. The Balaban J connectivity index is 2.02. The van der Waals surface area contributed by atoms with E-state index in [4.69, 9.17) is 27.6 Å². The van der Waals surface area contributed by atoms with E-state index in [-0.39, 0.29) is 23.3 Å². The fraction of sp³-hybridized carbons (Fsp3) is 0.190. The maximum Gasteiger partial charge on any atom is 0.271 e. The van der Waals surface area contributed by atoms with E-state index in [1.807, 2.05) is 6.07 Å². The molecule has 1 atom stereocenters. The summed E-state index contributed by atoms with van der Waals surface area (Å²) in [5.41, 5.74) is 0.969. The first-order valence-corrected chi connectivity index (χ1v) is 9.41. The SMILES string of the molecule is CC1=C(C#N)C(=O)N(CC(C)O)C(=O)/C1=C/c1ccc(-c2ccc(Cl)c(Cl)c2)o1. The Hall–Kier alpha value is -2.85. The molecule has 0 fully saturated rings. The molecule has 6 nitrogen and oxygen atoms in total. The van der Waals surface area contributed by atoms with Gasteiger partial charge in [-0.05, 0) is 55.8 Å². The summed E-state index contributed by atoms with van der Waals surface area (Å²) in [4.78, 5) is 26.1. The monoisotopic (exact) mass is 430 g/mol. The molecule has 3 rings (SSSR count). The Kier molecular flexibility index (Phi) is 5.94. The van der Waals surface area contributed by atoms with Crippen molar-refractivity contribution in [3.05, 3.63) is 62.9 Å². The first kappa shape index (κ1) is 20.9. The van der Waals surface area contributed by atoms with Crippen LogP contribution in [0.1, 0.15) is 19.6 Å². The molecule has 0 saturated carbocycles. The summed E-state index contributed by atoms with van der Waals surface area (Å²) < 4.78 is 5.79. The summed E-state index contributed by atoms with van der Waals surface area (Å²) >= 11 is 12.0. The number of β-amino-alcohol motifs (C(OH)–C–C–N with tert-alkyl or cyclic N) is 1. The highest BCUT2D eigenvalue weighted by atomic mass is 35.5. The van der Waals surface area contributed by atoms with Crippen molar-refractivity contribution >= 4 is 41.1 Å². The molecule has 2 amide bonds. The summed E-state index contributed by atoms with van der Waals surface area (Å²) in [5, 5.41) is 19.8. The maximum absolute atomic E-state index is 12.8. The molecule has 148 valence electrons. The molecule has 1 N–H and O–H groups in total. The lowest BCUT2D eigenvalue weighted by Crippen LogP contribution is -2.45. The van der Waals surface area contributed by atoms with Gasteiger partial charge in [0.15, 0.2) is 0 Å². The molecule has 1 aliphatic heterocycles. The molecule has 1 unspecified atom stereocenters. The number of rotatable bonds is 4. The van der Waals surface area contributed by atoms with Gasteiger partial charge in [0, 0.05) is 11.1 Å². The Morgan fingerprint density at radius 1 is 1.21 bits per heavy atom. The minimum absolute atomic E-state index is 0.146. The maximum atomic E-state index is 12.8. The Morgan fingerprint density at radius 3 is 2.55 bits per heavy atom. The van der Waals surface area contributed by atoms with Crippen LogP contribution >= 0.6 is 23.2 Å². The number of carbonyl (C=O) groups is 2. The number of nitriles is 1. The minimum atomic E-state index is -0.924. The zero-order chi connectivity index (χ0) is 21.3. The second-order valence-electron chi connectivity index (χ2n) is 6.57. The van der Waals surface area contributed by atoms with Gasteiger partial charge in [0.25, 0.3) is 11.8 Å². The number of aliphatic hydroxyl groups excluding tert-OH is 1. The van der Waals surface area contributed by atoms with Gasteiger partial charge < -0.3 is 9.52 Å². The number of hydrogen-bond acceptors (Lipinski definition) is 5. The van der Waals surface area contributed by atoms with Crippen LogP contribution in [0.2, 0.25) is 10.0 Å². The van der Waals surface area contributed by atoms with E-state index < -0.39 is 17.9 Å². The summed E-state index contributed by atoms with van der Waals surface area (Å²) in [6.45, 7) is 2.78. The number of amides is 2. The second-order valence-corrected chi connectivity index (χ2v) is 7.39. The zero-order valence-electron chi connectivity index (χ0n) is 15.6. The van der Waals surface area contributed by atoms with Gasteiger partial charge in [-0.3, -0.25) is 14.5 Å². The highest BCUT2D eigenvalue weighted by molar-refractivity contribution is 6.42. The largest absolute Gasteiger partial charge is 0.457 e. The normalized spacial score (nSPS) is 17.1. The van der Waals surface area contributed by atoms with Crippen molar-refractivity contribution in [1.29, 1.82) is 5.26 Å². The highest BCUT2D eigenvalue weighted by Crippen LogP contribution is 2.32. The second kappa shape index (κ2) is 8.26. The minimum Gasteiger partial charge on any atom is -0.457 e. The molecule has 0 radical (unpaired) electrons. The van der Waals surface area contributed by atoms with E-state index in [1.54, 1.807) is 30.3 Å². The molecular weight excluding hydrogens is 415 g/mol. The molecular formula is C21H16Cl2N2O4. The zero-order valence-corrected chi connectivity index (χ0v) is 17.1. The molecule has 0 spiro atoms. The molecule has 29 heavy (non-hydrogen) atoms. The predicted octanol–water partition coefficient (Wildman–Crippen LogP) is 4.23. The standard InChI is InChI=1S/C21H16Cl2N2O4/c1-11(26)10-25-20(27)15(12(2)16(9-24)21(25)28)8-14-4-6-19(29-14)13-3-5-17(22)18(23)7-13/h3-8,11,26H,10H2,1-2H3/b15-8+. The fourth-order valence-electron chi connectivity index (χ4n) is 2.94. The van der Waals surface area contributed by atoms with Gasteiger partial charge in [0.2, 0.25) is 0 Å². The Bertz CT molecular complexity index is 1110. The van der Waals surface area contributed by atoms with Crippen LogP contribution in [-0.4, -0.2) is 34.5 Å². The van der Waals surface area contributed by atoms with Crippen molar-refractivity contribution < 1.29 is 19.1 Å². The van der Waals surface area contributed by atoms with Crippen molar-refractivity contribution in [3.63, 3.8) is 0 Å². The van der Waals surface area contributed by atoms with Gasteiger partial charge in [0.05, 0.1) is 22.7 Å².